The number of hydrogen-bond acceptors (Lipinski definition) is 2. The molecule has 2 rings (SSSR count). The van der Waals surface area contributed by atoms with Crippen molar-refractivity contribution in [3.63, 3.8) is 0 Å². The van der Waals surface area contributed by atoms with Gasteiger partial charge < -0.3 is 5.32 Å². The molecule has 0 bridgehead atoms. The molecule has 120 valence electrons. The van der Waals surface area contributed by atoms with Crippen LogP contribution in [0.5, 0.6) is 0 Å². The SMILES string of the molecule is CCCCC[C@H](c1ccc(Cl)c(F)c1)N1CCNCC1.Cl. The first-order valence-corrected chi connectivity index (χ1v) is 8.00. The number of hydrogen-bond donors (Lipinski definition) is 1. The van der Waals surface area contributed by atoms with Gasteiger partial charge in [0.1, 0.15) is 5.82 Å². The zero-order chi connectivity index (χ0) is 14.4. The van der Waals surface area contributed by atoms with E-state index in [1.54, 1.807) is 12.1 Å². The summed E-state index contributed by atoms with van der Waals surface area (Å²) in [7, 11) is 0. The van der Waals surface area contributed by atoms with Gasteiger partial charge in [-0.15, -0.1) is 12.4 Å². The summed E-state index contributed by atoms with van der Waals surface area (Å²) in [5.41, 5.74) is 1.06. The highest BCUT2D eigenvalue weighted by molar-refractivity contribution is 6.30. The van der Waals surface area contributed by atoms with E-state index in [9.17, 15) is 4.39 Å². The van der Waals surface area contributed by atoms with Gasteiger partial charge >= 0.3 is 0 Å². The van der Waals surface area contributed by atoms with Gasteiger partial charge in [0.25, 0.3) is 0 Å². The molecule has 5 heteroatoms. The third-order valence-corrected chi connectivity index (χ3v) is 4.31. The summed E-state index contributed by atoms with van der Waals surface area (Å²) in [6.45, 7) is 6.30. The Kier molecular flexibility index (Phi) is 8.57. The van der Waals surface area contributed by atoms with Crippen LogP contribution in [-0.2, 0) is 0 Å². The molecule has 1 fully saturated rings. The van der Waals surface area contributed by atoms with E-state index in [2.05, 4.69) is 17.1 Å². The monoisotopic (exact) mass is 334 g/mol. The molecule has 0 amide bonds. The highest BCUT2D eigenvalue weighted by atomic mass is 35.5. The van der Waals surface area contributed by atoms with E-state index in [-0.39, 0.29) is 23.2 Å². The van der Waals surface area contributed by atoms with Gasteiger partial charge in [-0.05, 0) is 24.1 Å². The zero-order valence-electron chi connectivity index (χ0n) is 12.6. The molecule has 0 unspecified atom stereocenters. The van der Waals surface area contributed by atoms with Gasteiger partial charge in [-0.3, -0.25) is 4.90 Å². The Bertz CT molecular complexity index is 423. The molecule has 1 saturated heterocycles. The molecule has 0 spiro atoms. The maximum absolute atomic E-state index is 13.7. The van der Waals surface area contributed by atoms with Gasteiger partial charge in [0.2, 0.25) is 0 Å². The molecule has 0 radical (unpaired) electrons. The average Bonchev–Trinajstić information content (AvgIpc) is 2.48. The van der Waals surface area contributed by atoms with E-state index in [0.717, 1.165) is 38.2 Å². The van der Waals surface area contributed by atoms with Gasteiger partial charge in [0, 0.05) is 32.2 Å². The Morgan fingerprint density at radius 1 is 1.29 bits per heavy atom. The van der Waals surface area contributed by atoms with Crippen molar-refractivity contribution >= 4 is 24.0 Å². The molecular formula is C16H25Cl2FN2. The van der Waals surface area contributed by atoms with E-state index in [1.165, 1.54) is 19.3 Å². The fraction of sp³-hybridized carbons (Fsp3) is 0.625. The maximum atomic E-state index is 13.7. The van der Waals surface area contributed by atoms with Crippen molar-refractivity contribution < 1.29 is 4.39 Å². The van der Waals surface area contributed by atoms with Gasteiger partial charge in [-0.1, -0.05) is 43.9 Å². The summed E-state index contributed by atoms with van der Waals surface area (Å²) in [5, 5.41) is 3.58. The third kappa shape index (κ3) is 5.41. The van der Waals surface area contributed by atoms with Crippen molar-refractivity contribution in [2.75, 3.05) is 26.2 Å². The quantitative estimate of drug-likeness (QED) is 0.774. The lowest BCUT2D eigenvalue weighted by molar-refractivity contribution is 0.162. The van der Waals surface area contributed by atoms with Gasteiger partial charge in [-0.2, -0.15) is 0 Å². The zero-order valence-corrected chi connectivity index (χ0v) is 14.2. The van der Waals surface area contributed by atoms with Crippen LogP contribution in [0.1, 0.15) is 44.2 Å². The van der Waals surface area contributed by atoms with Crippen LogP contribution in [-0.4, -0.2) is 31.1 Å². The highest BCUT2D eigenvalue weighted by Gasteiger charge is 2.22. The van der Waals surface area contributed by atoms with Crippen LogP contribution in [0.15, 0.2) is 18.2 Å². The predicted octanol–water partition coefficient (Wildman–Crippen LogP) is 4.43. The molecule has 1 aliphatic heterocycles. The lowest BCUT2D eigenvalue weighted by atomic mass is 9.98. The number of nitrogens with one attached hydrogen (secondary N) is 1. The summed E-state index contributed by atoms with van der Waals surface area (Å²) in [5.74, 6) is -0.306. The maximum Gasteiger partial charge on any atom is 0.142 e. The third-order valence-electron chi connectivity index (χ3n) is 4.00. The van der Waals surface area contributed by atoms with Crippen molar-refractivity contribution in [2.24, 2.45) is 0 Å². The van der Waals surface area contributed by atoms with Gasteiger partial charge in [0.05, 0.1) is 5.02 Å². The number of unbranched alkanes of at least 4 members (excludes halogenated alkanes) is 2. The molecule has 0 aliphatic carbocycles. The Labute approximate surface area is 138 Å². The van der Waals surface area contributed by atoms with Crippen LogP contribution in [0.4, 0.5) is 4.39 Å². The molecular weight excluding hydrogens is 310 g/mol. The standard InChI is InChI=1S/C16H24ClFN2.ClH/c1-2-3-4-5-16(20-10-8-19-9-11-20)13-6-7-14(17)15(18)12-13;/h6-7,12,16,19H,2-5,8-11H2,1H3;1H/t16-;/m1./s1. The molecule has 1 atom stereocenters. The van der Waals surface area contributed by atoms with Crippen molar-refractivity contribution in [3.05, 3.63) is 34.6 Å². The molecule has 1 aromatic rings. The van der Waals surface area contributed by atoms with Crippen LogP contribution in [0.2, 0.25) is 5.02 Å². The van der Waals surface area contributed by atoms with Crippen molar-refractivity contribution in [2.45, 2.75) is 38.6 Å². The Balaban J connectivity index is 0.00000220. The smallest absolute Gasteiger partial charge is 0.142 e. The topological polar surface area (TPSA) is 15.3 Å². The molecule has 0 aromatic heterocycles. The lowest BCUT2D eigenvalue weighted by Gasteiger charge is -2.35. The van der Waals surface area contributed by atoms with Crippen LogP contribution in [0.3, 0.4) is 0 Å². The summed E-state index contributed by atoms with van der Waals surface area (Å²) in [6.07, 6.45) is 4.73. The summed E-state index contributed by atoms with van der Waals surface area (Å²) >= 11 is 5.80. The second kappa shape index (κ2) is 9.62. The van der Waals surface area contributed by atoms with E-state index in [4.69, 9.17) is 11.6 Å². The van der Waals surface area contributed by atoms with E-state index in [1.807, 2.05) is 6.07 Å². The van der Waals surface area contributed by atoms with E-state index < -0.39 is 0 Å². The minimum Gasteiger partial charge on any atom is -0.314 e. The fourth-order valence-electron chi connectivity index (χ4n) is 2.86. The van der Waals surface area contributed by atoms with E-state index >= 15 is 0 Å². The first-order valence-electron chi connectivity index (χ1n) is 7.62. The summed E-state index contributed by atoms with van der Waals surface area (Å²) in [6, 6.07) is 5.59. The Hall–Kier alpha value is -0.350. The van der Waals surface area contributed by atoms with Gasteiger partial charge in [-0.25, -0.2) is 4.39 Å². The molecule has 1 aliphatic rings. The summed E-state index contributed by atoms with van der Waals surface area (Å²) in [4.78, 5) is 2.47. The Morgan fingerprint density at radius 3 is 2.62 bits per heavy atom. The van der Waals surface area contributed by atoms with Crippen LogP contribution < -0.4 is 5.32 Å². The van der Waals surface area contributed by atoms with Crippen molar-refractivity contribution in [1.82, 2.24) is 10.2 Å². The first-order chi connectivity index (χ1) is 9.72. The van der Waals surface area contributed by atoms with Crippen LogP contribution >= 0.6 is 24.0 Å². The Morgan fingerprint density at radius 2 is 2.00 bits per heavy atom. The minimum atomic E-state index is -0.306. The van der Waals surface area contributed by atoms with Crippen LogP contribution in [0, 0.1) is 5.82 Å². The number of benzene rings is 1. The predicted molar refractivity (Wildman–Crippen MR) is 90.0 cm³/mol. The molecule has 1 aromatic carbocycles. The second-order valence-electron chi connectivity index (χ2n) is 5.47. The average molecular weight is 335 g/mol. The molecule has 21 heavy (non-hydrogen) atoms. The largest absolute Gasteiger partial charge is 0.314 e. The molecule has 2 nitrogen and oxygen atoms in total. The van der Waals surface area contributed by atoms with Crippen LogP contribution in [0.25, 0.3) is 0 Å². The number of rotatable bonds is 6. The highest BCUT2D eigenvalue weighted by Crippen LogP contribution is 2.29. The van der Waals surface area contributed by atoms with Crippen molar-refractivity contribution in [1.29, 1.82) is 0 Å². The normalized spacial score (nSPS) is 17.3. The number of piperazine rings is 1. The van der Waals surface area contributed by atoms with Crippen molar-refractivity contribution in [3.8, 4) is 0 Å². The van der Waals surface area contributed by atoms with E-state index in [0.29, 0.717) is 6.04 Å². The van der Waals surface area contributed by atoms with Gasteiger partial charge in [0.15, 0.2) is 0 Å². The molecule has 1 N–H and O–H groups in total. The minimum absolute atomic E-state index is 0. The number of nitrogens with zero attached hydrogens (tertiary/aromatic N) is 1. The summed E-state index contributed by atoms with van der Waals surface area (Å²) < 4.78 is 13.7. The lowest BCUT2D eigenvalue weighted by Crippen LogP contribution is -2.45. The first kappa shape index (κ1) is 18.7. The number of halogens is 3. The molecule has 0 saturated carbocycles. The fourth-order valence-corrected chi connectivity index (χ4v) is 2.98. The molecule has 1 heterocycles. The second-order valence-corrected chi connectivity index (χ2v) is 5.88.